The first-order chi connectivity index (χ1) is 12.5. The van der Waals surface area contributed by atoms with Gasteiger partial charge in [-0.2, -0.15) is 0 Å². The number of anilines is 1. The van der Waals surface area contributed by atoms with Gasteiger partial charge in [-0.05, 0) is 48.4 Å². The van der Waals surface area contributed by atoms with Gasteiger partial charge in [-0.3, -0.25) is 9.69 Å². The fourth-order valence-electron chi connectivity index (χ4n) is 2.50. The van der Waals surface area contributed by atoms with E-state index in [0.717, 1.165) is 11.1 Å². The highest BCUT2D eigenvalue weighted by molar-refractivity contribution is 8.27. The van der Waals surface area contributed by atoms with Crippen molar-refractivity contribution in [2.45, 2.75) is 6.92 Å². The molecule has 1 N–H and O–H groups in total. The van der Waals surface area contributed by atoms with Crippen LogP contribution in [0.3, 0.4) is 0 Å². The minimum absolute atomic E-state index is 0.163. The summed E-state index contributed by atoms with van der Waals surface area (Å²) in [5, 5.41) is 8.98. The van der Waals surface area contributed by atoms with E-state index in [1.807, 2.05) is 49.4 Å². The van der Waals surface area contributed by atoms with E-state index in [4.69, 9.17) is 17.3 Å². The average molecular weight is 381 g/mol. The van der Waals surface area contributed by atoms with E-state index in [1.165, 1.54) is 28.8 Å². The first-order valence-electron chi connectivity index (χ1n) is 7.80. The van der Waals surface area contributed by atoms with Gasteiger partial charge in [0.05, 0.1) is 16.2 Å². The molecule has 0 aromatic heterocycles. The molecule has 4 nitrogen and oxygen atoms in total. The molecule has 0 aliphatic carbocycles. The van der Waals surface area contributed by atoms with Crippen molar-refractivity contribution >= 4 is 51.9 Å². The highest BCUT2D eigenvalue weighted by atomic mass is 32.2. The fourth-order valence-corrected chi connectivity index (χ4v) is 3.85. The van der Waals surface area contributed by atoms with E-state index in [2.05, 4.69) is 0 Å². The predicted octanol–water partition coefficient (Wildman–Crippen LogP) is 4.74. The predicted molar refractivity (Wildman–Crippen MR) is 109 cm³/mol. The zero-order valence-corrected chi connectivity index (χ0v) is 15.5. The zero-order chi connectivity index (χ0) is 18.7. The first-order valence-corrected chi connectivity index (χ1v) is 9.03. The van der Waals surface area contributed by atoms with Crippen molar-refractivity contribution in [3.05, 3.63) is 82.3 Å². The molecule has 0 radical (unpaired) electrons. The SMILES string of the molecule is CC(=Cc1ccccc1)/C=C1\SC(=S)N(c2ccc(C(=O)O)cc2)C1=O. The van der Waals surface area contributed by atoms with Gasteiger partial charge in [0.1, 0.15) is 0 Å². The summed E-state index contributed by atoms with van der Waals surface area (Å²) in [5.74, 6) is -1.22. The average Bonchev–Trinajstić information content (AvgIpc) is 2.89. The summed E-state index contributed by atoms with van der Waals surface area (Å²) in [6, 6.07) is 15.9. The number of carbonyl (C=O) groups excluding carboxylic acids is 1. The molecule has 26 heavy (non-hydrogen) atoms. The van der Waals surface area contributed by atoms with Crippen molar-refractivity contribution in [3.8, 4) is 0 Å². The number of carboxylic acid groups (broad SMARTS) is 1. The number of nitrogens with zero attached hydrogens (tertiary/aromatic N) is 1. The Morgan fingerprint density at radius 2 is 1.77 bits per heavy atom. The molecule has 0 bridgehead atoms. The van der Waals surface area contributed by atoms with Gasteiger partial charge in [0.2, 0.25) is 0 Å². The van der Waals surface area contributed by atoms with Crippen molar-refractivity contribution in [3.63, 3.8) is 0 Å². The van der Waals surface area contributed by atoms with Crippen LogP contribution in [0.4, 0.5) is 5.69 Å². The van der Waals surface area contributed by atoms with Gasteiger partial charge < -0.3 is 5.11 Å². The first kappa shape index (κ1) is 18.1. The molecular formula is C20H15NO3S2. The summed E-state index contributed by atoms with van der Waals surface area (Å²) in [5.41, 5.74) is 2.72. The molecule has 1 fully saturated rings. The topological polar surface area (TPSA) is 57.6 Å². The largest absolute Gasteiger partial charge is 0.478 e. The summed E-state index contributed by atoms with van der Waals surface area (Å²) in [4.78, 5) is 25.7. The van der Waals surface area contributed by atoms with Crippen molar-refractivity contribution in [2.75, 3.05) is 4.90 Å². The molecule has 2 aromatic carbocycles. The van der Waals surface area contributed by atoms with Crippen LogP contribution in [0.15, 0.2) is 71.2 Å². The second-order valence-corrected chi connectivity index (χ2v) is 7.34. The number of carboxylic acids is 1. The van der Waals surface area contributed by atoms with Gasteiger partial charge in [0.15, 0.2) is 4.32 Å². The molecule has 1 heterocycles. The van der Waals surface area contributed by atoms with E-state index in [9.17, 15) is 9.59 Å². The van der Waals surface area contributed by atoms with Gasteiger partial charge in [-0.15, -0.1) is 0 Å². The Labute approximate surface area is 160 Å². The molecule has 1 aliphatic heterocycles. The number of aromatic carboxylic acids is 1. The number of amides is 1. The summed E-state index contributed by atoms with van der Waals surface area (Å²) in [6.45, 7) is 1.93. The zero-order valence-electron chi connectivity index (χ0n) is 13.9. The van der Waals surface area contributed by atoms with Crippen LogP contribution in [0.5, 0.6) is 0 Å². The fraction of sp³-hybridized carbons (Fsp3) is 0.0500. The highest BCUT2D eigenvalue weighted by Crippen LogP contribution is 2.35. The Bertz CT molecular complexity index is 931. The standard InChI is InChI=1S/C20H15NO3S2/c1-13(11-14-5-3-2-4-6-14)12-17-18(22)21(20(25)26-17)16-9-7-15(8-10-16)19(23)24/h2-12H,1H3,(H,23,24)/b13-11?,17-12-. The molecule has 0 saturated carbocycles. The quantitative estimate of drug-likeness (QED) is 0.612. The van der Waals surface area contributed by atoms with E-state index < -0.39 is 5.97 Å². The van der Waals surface area contributed by atoms with E-state index in [0.29, 0.717) is 14.9 Å². The molecule has 6 heteroatoms. The molecule has 0 unspecified atom stereocenters. The lowest BCUT2D eigenvalue weighted by atomic mass is 10.1. The Kier molecular flexibility index (Phi) is 5.35. The van der Waals surface area contributed by atoms with Gasteiger partial charge in [0.25, 0.3) is 5.91 Å². The van der Waals surface area contributed by atoms with Crippen LogP contribution in [-0.2, 0) is 4.79 Å². The Balaban J connectivity index is 1.84. The Morgan fingerprint density at radius 1 is 1.12 bits per heavy atom. The Morgan fingerprint density at radius 3 is 2.38 bits per heavy atom. The highest BCUT2D eigenvalue weighted by Gasteiger charge is 2.33. The minimum Gasteiger partial charge on any atom is -0.478 e. The molecule has 1 amide bonds. The molecule has 2 aromatic rings. The van der Waals surface area contributed by atoms with Crippen LogP contribution >= 0.6 is 24.0 Å². The van der Waals surface area contributed by atoms with Gasteiger partial charge >= 0.3 is 5.97 Å². The number of allylic oxidation sites excluding steroid dienone is 2. The smallest absolute Gasteiger partial charge is 0.335 e. The molecule has 0 spiro atoms. The monoisotopic (exact) mass is 381 g/mol. The maximum atomic E-state index is 12.7. The van der Waals surface area contributed by atoms with Gasteiger partial charge in [-0.25, -0.2) is 4.79 Å². The van der Waals surface area contributed by atoms with Crippen molar-refractivity contribution in [2.24, 2.45) is 0 Å². The van der Waals surface area contributed by atoms with Crippen LogP contribution in [0.2, 0.25) is 0 Å². The van der Waals surface area contributed by atoms with Crippen LogP contribution < -0.4 is 4.90 Å². The molecule has 1 saturated heterocycles. The Hall–Kier alpha value is -2.70. The number of rotatable bonds is 4. The number of thiocarbonyl (C=S) groups is 1. The van der Waals surface area contributed by atoms with E-state index >= 15 is 0 Å². The third-order valence-corrected chi connectivity index (χ3v) is 5.02. The van der Waals surface area contributed by atoms with Crippen molar-refractivity contribution < 1.29 is 14.7 Å². The normalized spacial score (nSPS) is 16.4. The van der Waals surface area contributed by atoms with Gasteiger partial charge in [-0.1, -0.05) is 60.4 Å². The molecule has 0 atom stereocenters. The molecule has 3 rings (SSSR count). The number of thioether (sulfide) groups is 1. The molecule has 130 valence electrons. The second kappa shape index (κ2) is 7.68. The lowest BCUT2D eigenvalue weighted by Gasteiger charge is -2.14. The van der Waals surface area contributed by atoms with Gasteiger partial charge in [0, 0.05) is 0 Å². The summed E-state index contributed by atoms with van der Waals surface area (Å²) in [6.07, 6.45) is 3.81. The number of hydrogen-bond donors (Lipinski definition) is 1. The maximum absolute atomic E-state index is 12.7. The second-order valence-electron chi connectivity index (χ2n) is 5.67. The number of benzene rings is 2. The number of carbonyl (C=O) groups is 2. The van der Waals surface area contributed by atoms with Crippen LogP contribution in [0.25, 0.3) is 6.08 Å². The number of hydrogen-bond acceptors (Lipinski definition) is 4. The van der Waals surface area contributed by atoms with Crippen LogP contribution in [0.1, 0.15) is 22.8 Å². The van der Waals surface area contributed by atoms with E-state index in [1.54, 1.807) is 12.1 Å². The minimum atomic E-state index is -1.01. The van der Waals surface area contributed by atoms with E-state index in [-0.39, 0.29) is 11.5 Å². The van der Waals surface area contributed by atoms with Crippen LogP contribution in [0, 0.1) is 0 Å². The third kappa shape index (κ3) is 3.92. The summed E-state index contributed by atoms with van der Waals surface area (Å²) in [7, 11) is 0. The maximum Gasteiger partial charge on any atom is 0.335 e. The summed E-state index contributed by atoms with van der Waals surface area (Å²) < 4.78 is 0.428. The summed E-state index contributed by atoms with van der Waals surface area (Å²) >= 11 is 6.57. The van der Waals surface area contributed by atoms with Crippen molar-refractivity contribution in [1.29, 1.82) is 0 Å². The third-order valence-electron chi connectivity index (χ3n) is 3.72. The lowest BCUT2D eigenvalue weighted by molar-refractivity contribution is -0.113. The van der Waals surface area contributed by atoms with Crippen molar-refractivity contribution in [1.82, 2.24) is 0 Å². The molecule has 1 aliphatic rings. The molecular weight excluding hydrogens is 366 g/mol. The van der Waals surface area contributed by atoms with Crippen LogP contribution in [-0.4, -0.2) is 21.3 Å². The lowest BCUT2D eigenvalue weighted by Crippen LogP contribution is -2.27.